The highest BCUT2D eigenvalue weighted by Crippen LogP contribution is 2.25. The summed E-state index contributed by atoms with van der Waals surface area (Å²) in [5.41, 5.74) is 7.60. The first-order valence-corrected chi connectivity index (χ1v) is 6.59. The van der Waals surface area contributed by atoms with Crippen molar-refractivity contribution in [3.05, 3.63) is 40.0 Å². The molecule has 0 bridgehead atoms. The van der Waals surface area contributed by atoms with Crippen molar-refractivity contribution in [2.24, 2.45) is 0 Å². The Balaban J connectivity index is 2.19. The molecule has 0 saturated heterocycles. The van der Waals surface area contributed by atoms with E-state index in [1.54, 1.807) is 6.20 Å². The number of benzene rings is 1. The van der Waals surface area contributed by atoms with Crippen LogP contribution in [0.4, 0.5) is 11.4 Å². The number of anilines is 2. The number of hydrogen-bond donors (Lipinski definition) is 3. The zero-order valence-corrected chi connectivity index (χ0v) is 11.7. The van der Waals surface area contributed by atoms with Crippen LogP contribution in [0.3, 0.4) is 0 Å². The highest BCUT2D eigenvalue weighted by Gasteiger charge is 2.12. The highest BCUT2D eigenvalue weighted by molar-refractivity contribution is 14.1. The minimum atomic E-state index is 0.196. The molecule has 90 valence electrons. The molecule has 0 spiro atoms. The van der Waals surface area contributed by atoms with Crippen molar-refractivity contribution in [3.63, 3.8) is 0 Å². The van der Waals surface area contributed by atoms with Gasteiger partial charge in [0.1, 0.15) is 5.82 Å². The largest absolute Gasteiger partial charge is 0.399 e. The first kappa shape index (κ1) is 12.2. The Morgan fingerprint density at radius 3 is 2.94 bits per heavy atom. The van der Waals surface area contributed by atoms with Gasteiger partial charge >= 0.3 is 0 Å². The van der Waals surface area contributed by atoms with Crippen LogP contribution in [0.25, 0.3) is 0 Å². The first-order valence-electron chi connectivity index (χ1n) is 5.51. The number of aromatic amines is 1. The molecule has 1 aromatic carbocycles. The van der Waals surface area contributed by atoms with E-state index >= 15 is 0 Å². The number of nitrogens with two attached hydrogens (primary N) is 1. The monoisotopic (exact) mass is 342 g/mol. The van der Waals surface area contributed by atoms with E-state index in [0.717, 1.165) is 27.2 Å². The molecule has 1 unspecified atom stereocenters. The molecule has 2 rings (SSSR count). The van der Waals surface area contributed by atoms with Gasteiger partial charge in [0.25, 0.3) is 0 Å². The molecular formula is C12H15IN4. The molecule has 0 aliphatic carbocycles. The van der Waals surface area contributed by atoms with Gasteiger partial charge in [0, 0.05) is 27.3 Å². The Labute approximate surface area is 114 Å². The molecule has 0 saturated carbocycles. The van der Waals surface area contributed by atoms with E-state index in [1.807, 2.05) is 24.4 Å². The van der Waals surface area contributed by atoms with Gasteiger partial charge in [-0.2, -0.15) is 0 Å². The number of rotatable bonds is 4. The van der Waals surface area contributed by atoms with E-state index in [2.05, 4.69) is 44.8 Å². The lowest BCUT2D eigenvalue weighted by Gasteiger charge is -2.17. The molecule has 1 atom stereocenters. The lowest BCUT2D eigenvalue weighted by Crippen LogP contribution is -2.12. The van der Waals surface area contributed by atoms with Gasteiger partial charge in [-0.1, -0.05) is 6.92 Å². The van der Waals surface area contributed by atoms with E-state index in [9.17, 15) is 0 Å². The predicted molar refractivity (Wildman–Crippen MR) is 78.8 cm³/mol. The van der Waals surface area contributed by atoms with E-state index in [4.69, 9.17) is 5.73 Å². The number of nitrogens with zero attached hydrogens (tertiary/aromatic N) is 1. The van der Waals surface area contributed by atoms with Crippen LogP contribution in [0.2, 0.25) is 0 Å². The fourth-order valence-corrected chi connectivity index (χ4v) is 2.36. The number of aromatic nitrogens is 2. The van der Waals surface area contributed by atoms with Crippen LogP contribution in [0.1, 0.15) is 25.2 Å². The summed E-state index contributed by atoms with van der Waals surface area (Å²) in [6.07, 6.45) is 4.58. The molecule has 0 fully saturated rings. The number of nitrogens with one attached hydrogen (secondary N) is 2. The third-order valence-corrected chi connectivity index (χ3v) is 3.47. The van der Waals surface area contributed by atoms with Crippen molar-refractivity contribution >= 4 is 34.0 Å². The Bertz CT molecular complexity index is 481. The minimum Gasteiger partial charge on any atom is -0.399 e. The summed E-state index contributed by atoms with van der Waals surface area (Å²) >= 11 is 2.28. The van der Waals surface area contributed by atoms with Gasteiger partial charge in [-0.25, -0.2) is 4.98 Å². The zero-order chi connectivity index (χ0) is 12.3. The quantitative estimate of drug-likeness (QED) is 0.591. The summed E-state index contributed by atoms with van der Waals surface area (Å²) < 4.78 is 1.12. The van der Waals surface area contributed by atoms with Crippen molar-refractivity contribution in [1.82, 2.24) is 9.97 Å². The first-order chi connectivity index (χ1) is 8.20. The Morgan fingerprint density at radius 2 is 2.35 bits per heavy atom. The third-order valence-electron chi connectivity index (χ3n) is 2.58. The predicted octanol–water partition coefficient (Wildman–Crippen LogP) is 3.16. The average molecular weight is 342 g/mol. The number of hydrogen-bond acceptors (Lipinski definition) is 3. The van der Waals surface area contributed by atoms with Crippen molar-refractivity contribution in [2.75, 3.05) is 11.1 Å². The van der Waals surface area contributed by atoms with E-state index < -0.39 is 0 Å². The molecule has 0 amide bonds. The normalized spacial score (nSPS) is 12.4. The molecule has 2 aromatic rings. The van der Waals surface area contributed by atoms with Crippen LogP contribution in [0.5, 0.6) is 0 Å². The summed E-state index contributed by atoms with van der Waals surface area (Å²) in [4.78, 5) is 7.42. The van der Waals surface area contributed by atoms with E-state index in [-0.39, 0.29) is 6.04 Å². The summed E-state index contributed by atoms with van der Waals surface area (Å²) in [6, 6.07) is 6.06. The fourth-order valence-electron chi connectivity index (χ4n) is 1.67. The maximum atomic E-state index is 5.73. The van der Waals surface area contributed by atoms with Gasteiger partial charge in [0.2, 0.25) is 0 Å². The molecule has 1 aromatic heterocycles. The second kappa shape index (κ2) is 5.39. The molecule has 17 heavy (non-hydrogen) atoms. The molecule has 0 aliphatic heterocycles. The Morgan fingerprint density at radius 1 is 1.53 bits per heavy atom. The van der Waals surface area contributed by atoms with Crippen LogP contribution < -0.4 is 11.1 Å². The number of H-pyrrole nitrogens is 1. The standard InChI is InChI=1S/C12H15IN4/c1-2-10(12-15-5-6-16-12)17-11-4-3-8(14)7-9(11)13/h3-7,10,17H,2,14H2,1H3,(H,15,16). The van der Waals surface area contributed by atoms with Gasteiger partial charge in [-0.3, -0.25) is 0 Å². The molecule has 1 heterocycles. The summed E-state index contributed by atoms with van der Waals surface area (Å²) in [5, 5.41) is 3.47. The molecular weight excluding hydrogens is 327 g/mol. The fraction of sp³-hybridized carbons (Fsp3) is 0.250. The Kier molecular flexibility index (Phi) is 3.88. The minimum absolute atomic E-state index is 0.196. The molecule has 4 nitrogen and oxygen atoms in total. The number of imidazole rings is 1. The van der Waals surface area contributed by atoms with E-state index in [1.165, 1.54) is 0 Å². The SMILES string of the molecule is CCC(Nc1ccc(N)cc1I)c1ncc[nH]1. The Hall–Kier alpha value is -1.24. The third kappa shape index (κ3) is 2.91. The summed E-state index contributed by atoms with van der Waals surface area (Å²) in [5.74, 6) is 0.958. The van der Waals surface area contributed by atoms with Gasteiger partial charge in [0.15, 0.2) is 0 Å². The maximum absolute atomic E-state index is 5.73. The van der Waals surface area contributed by atoms with Crippen LogP contribution >= 0.6 is 22.6 Å². The van der Waals surface area contributed by atoms with Gasteiger partial charge < -0.3 is 16.0 Å². The maximum Gasteiger partial charge on any atom is 0.128 e. The van der Waals surface area contributed by atoms with Crippen LogP contribution in [0.15, 0.2) is 30.6 Å². The smallest absolute Gasteiger partial charge is 0.128 e. The van der Waals surface area contributed by atoms with Crippen LogP contribution in [-0.2, 0) is 0 Å². The summed E-state index contributed by atoms with van der Waals surface area (Å²) in [6.45, 7) is 2.13. The zero-order valence-electron chi connectivity index (χ0n) is 9.57. The number of nitrogen functional groups attached to an aromatic ring is 1. The average Bonchev–Trinajstić information content (AvgIpc) is 2.81. The topological polar surface area (TPSA) is 66.7 Å². The lowest BCUT2D eigenvalue weighted by atomic mass is 10.2. The van der Waals surface area contributed by atoms with Crippen molar-refractivity contribution in [1.29, 1.82) is 0 Å². The number of halogens is 1. The van der Waals surface area contributed by atoms with Crippen LogP contribution in [-0.4, -0.2) is 9.97 Å². The van der Waals surface area contributed by atoms with Gasteiger partial charge in [-0.05, 0) is 47.2 Å². The van der Waals surface area contributed by atoms with Crippen LogP contribution in [0, 0.1) is 3.57 Å². The lowest BCUT2D eigenvalue weighted by molar-refractivity contribution is 0.703. The molecule has 5 heteroatoms. The van der Waals surface area contributed by atoms with Crippen molar-refractivity contribution in [3.8, 4) is 0 Å². The molecule has 0 aliphatic rings. The second-order valence-electron chi connectivity index (χ2n) is 3.82. The van der Waals surface area contributed by atoms with E-state index in [0.29, 0.717) is 0 Å². The van der Waals surface area contributed by atoms with Gasteiger partial charge in [-0.15, -0.1) is 0 Å². The van der Waals surface area contributed by atoms with Crippen molar-refractivity contribution < 1.29 is 0 Å². The van der Waals surface area contributed by atoms with Crippen molar-refractivity contribution in [2.45, 2.75) is 19.4 Å². The molecule has 4 N–H and O–H groups in total. The molecule has 0 radical (unpaired) electrons. The highest BCUT2D eigenvalue weighted by atomic mass is 127. The van der Waals surface area contributed by atoms with Gasteiger partial charge in [0.05, 0.1) is 6.04 Å². The summed E-state index contributed by atoms with van der Waals surface area (Å²) in [7, 11) is 0. The second-order valence-corrected chi connectivity index (χ2v) is 4.98.